The second-order valence-corrected chi connectivity index (χ2v) is 5.99. The van der Waals surface area contributed by atoms with E-state index in [2.05, 4.69) is 26.8 Å². The highest BCUT2D eigenvalue weighted by molar-refractivity contribution is 9.10. The smallest absolute Gasteiger partial charge is 0.422 e. The molecule has 0 bridgehead atoms. The van der Waals surface area contributed by atoms with E-state index in [-0.39, 0.29) is 0 Å². The van der Waals surface area contributed by atoms with Crippen LogP contribution >= 0.6 is 27.5 Å². The van der Waals surface area contributed by atoms with Gasteiger partial charge in [-0.15, -0.1) is 0 Å². The van der Waals surface area contributed by atoms with Crippen LogP contribution in [0, 0.1) is 0 Å². The predicted octanol–water partition coefficient (Wildman–Crippen LogP) is 3.63. The van der Waals surface area contributed by atoms with Crippen molar-refractivity contribution in [2.24, 2.45) is 0 Å². The molecule has 0 saturated heterocycles. The number of nitrogens with one attached hydrogen (secondary N) is 2. The van der Waals surface area contributed by atoms with Gasteiger partial charge in [0.25, 0.3) is 0 Å². The Kier molecular flexibility index (Phi) is 5.44. The van der Waals surface area contributed by atoms with Gasteiger partial charge in [0.05, 0.1) is 5.02 Å². The second-order valence-electron chi connectivity index (χ2n) is 4.73. The number of rotatable bonds is 3. The molecule has 1 amide bonds. The number of carbonyl (C=O) groups excluding carboxylic acids is 1. The fourth-order valence-electron chi connectivity index (χ4n) is 1.17. The van der Waals surface area contributed by atoms with Gasteiger partial charge < -0.3 is 4.74 Å². The minimum Gasteiger partial charge on any atom is -0.443 e. The quantitative estimate of drug-likeness (QED) is 0.829. The van der Waals surface area contributed by atoms with Crippen molar-refractivity contribution in [1.82, 2.24) is 10.9 Å². The van der Waals surface area contributed by atoms with E-state index in [1.165, 1.54) is 0 Å². The van der Waals surface area contributed by atoms with Crippen LogP contribution in [-0.4, -0.2) is 11.7 Å². The van der Waals surface area contributed by atoms with Crippen molar-refractivity contribution in [3.8, 4) is 0 Å². The Hall–Kier alpha value is -0.780. The van der Waals surface area contributed by atoms with E-state index in [9.17, 15) is 4.79 Å². The minimum absolute atomic E-state index is 0.481. The van der Waals surface area contributed by atoms with E-state index in [0.29, 0.717) is 11.6 Å². The van der Waals surface area contributed by atoms with E-state index in [1.807, 2.05) is 32.9 Å². The lowest BCUT2D eigenvalue weighted by molar-refractivity contribution is 0.0497. The highest BCUT2D eigenvalue weighted by Gasteiger charge is 2.15. The molecule has 0 radical (unpaired) electrons. The molecule has 0 heterocycles. The Balaban J connectivity index is 2.38. The van der Waals surface area contributed by atoms with E-state index < -0.39 is 11.7 Å². The molecule has 6 heteroatoms. The molecule has 0 aromatic heterocycles. The Morgan fingerprint density at radius 2 is 2.11 bits per heavy atom. The van der Waals surface area contributed by atoms with Crippen LogP contribution in [0.3, 0.4) is 0 Å². The van der Waals surface area contributed by atoms with E-state index >= 15 is 0 Å². The summed E-state index contributed by atoms with van der Waals surface area (Å²) in [6.45, 7) is 5.91. The monoisotopic (exact) mass is 334 g/mol. The fourth-order valence-corrected chi connectivity index (χ4v) is 1.72. The lowest BCUT2D eigenvalue weighted by atomic mass is 10.2. The van der Waals surface area contributed by atoms with Crippen LogP contribution in [0.5, 0.6) is 0 Å². The van der Waals surface area contributed by atoms with Crippen LogP contribution in [0.25, 0.3) is 0 Å². The number of hydrazine groups is 1. The zero-order valence-corrected chi connectivity index (χ0v) is 12.9. The average molecular weight is 336 g/mol. The Labute approximate surface area is 120 Å². The number of hydrogen-bond donors (Lipinski definition) is 2. The predicted molar refractivity (Wildman–Crippen MR) is 75.4 cm³/mol. The summed E-state index contributed by atoms with van der Waals surface area (Å²) in [6, 6.07) is 5.54. The molecule has 0 saturated carbocycles. The van der Waals surface area contributed by atoms with Crippen molar-refractivity contribution < 1.29 is 9.53 Å². The Morgan fingerprint density at radius 1 is 1.44 bits per heavy atom. The molecule has 0 aliphatic carbocycles. The molecule has 0 unspecified atom stereocenters. The van der Waals surface area contributed by atoms with Gasteiger partial charge in [0, 0.05) is 11.0 Å². The zero-order valence-electron chi connectivity index (χ0n) is 10.5. The van der Waals surface area contributed by atoms with Gasteiger partial charge in [-0.25, -0.2) is 10.2 Å². The van der Waals surface area contributed by atoms with Crippen molar-refractivity contribution >= 4 is 33.6 Å². The molecule has 100 valence electrons. The number of amides is 1. The van der Waals surface area contributed by atoms with E-state index in [4.69, 9.17) is 16.3 Å². The first kappa shape index (κ1) is 15.3. The molecule has 0 aliphatic rings. The lowest BCUT2D eigenvalue weighted by Crippen LogP contribution is -2.40. The summed E-state index contributed by atoms with van der Waals surface area (Å²) in [4.78, 5) is 11.3. The first-order valence-electron chi connectivity index (χ1n) is 5.44. The summed E-state index contributed by atoms with van der Waals surface area (Å²) in [5, 5.41) is 0.652. The van der Waals surface area contributed by atoms with Crippen molar-refractivity contribution in [1.29, 1.82) is 0 Å². The number of halogens is 2. The maximum absolute atomic E-state index is 11.3. The molecule has 18 heavy (non-hydrogen) atoms. The van der Waals surface area contributed by atoms with Crippen molar-refractivity contribution in [2.45, 2.75) is 32.9 Å². The summed E-state index contributed by atoms with van der Waals surface area (Å²) < 4.78 is 5.90. The van der Waals surface area contributed by atoms with Gasteiger partial charge in [-0.3, -0.25) is 5.43 Å². The van der Waals surface area contributed by atoms with Gasteiger partial charge in [0.1, 0.15) is 5.60 Å². The summed E-state index contributed by atoms with van der Waals surface area (Å²) in [7, 11) is 0. The van der Waals surface area contributed by atoms with E-state index in [0.717, 1.165) is 10.0 Å². The molecule has 0 spiro atoms. The van der Waals surface area contributed by atoms with Gasteiger partial charge in [-0.05, 0) is 54.4 Å². The molecule has 1 aromatic carbocycles. The maximum atomic E-state index is 11.3. The minimum atomic E-state index is -0.505. The molecular weight excluding hydrogens is 320 g/mol. The van der Waals surface area contributed by atoms with Crippen LogP contribution in [0.1, 0.15) is 26.3 Å². The standard InChI is InChI=1S/C12H16BrClN2O2/c1-12(2,3)18-11(17)16-15-7-8-4-5-10(14)9(13)6-8/h4-6,15H,7H2,1-3H3,(H,16,17). The van der Waals surface area contributed by atoms with Gasteiger partial charge in [0.15, 0.2) is 0 Å². The Bertz CT molecular complexity index is 433. The third-order valence-electron chi connectivity index (χ3n) is 1.87. The topological polar surface area (TPSA) is 50.4 Å². The molecule has 0 aliphatic heterocycles. The molecule has 0 atom stereocenters. The average Bonchev–Trinajstić information content (AvgIpc) is 2.20. The number of hydrogen-bond acceptors (Lipinski definition) is 3. The van der Waals surface area contributed by atoms with Crippen LogP contribution in [-0.2, 0) is 11.3 Å². The largest absolute Gasteiger partial charge is 0.443 e. The summed E-state index contributed by atoms with van der Waals surface area (Å²) >= 11 is 9.22. The molecule has 4 nitrogen and oxygen atoms in total. The van der Waals surface area contributed by atoms with Crippen molar-refractivity contribution in [3.63, 3.8) is 0 Å². The molecule has 1 aromatic rings. The normalized spacial score (nSPS) is 11.2. The maximum Gasteiger partial charge on any atom is 0.422 e. The number of ether oxygens (including phenoxy) is 1. The van der Waals surface area contributed by atoms with Crippen LogP contribution in [0.15, 0.2) is 22.7 Å². The van der Waals surface area contributed by atoms with Gasteiger partial charge in [-0.1, -0.05) is 17.7 Å². The number of carbonyl (C=O) groups is 1. The number of benzene rings is 1. The summed E-state index contributed by atoms with van der Waals surface area (Å²) in [6.07, 6.45) is -0.504. The SMILES string of the molecule is CC(C)(C)OC(=O)NNCc1ccc(Cl)c(Br)c1. The van der Waals surface area contributed by atoms with Gasteiger partial charge in [-0.2, -0.15) is 0 Å². The highest BCUT2D eigenvalue weighted by Crippen LogP contribution is 2.22. The molecule has 1 rings (SSSR count). The summed E-state index contributed by atoms with van der Waals surface area (Å²) in [5.41, 5.74) is 5.73. The van der Waals surface area contributed by atoms with Gasteiger partial charge >= 0.3 is 6.09 Å². The lowest BCUT2D eigenvalue weighted by Gasteiger charge is -2.19. The zero-order chi connectivity index (χ0) is 13.8. The van der Waals surface area contributed by atoms with Crippen molar-refractivity contribution in [3.05, 3.63) is 33.3 Å². The third kappa shape index (κ3) is 5.71. The highest BCUT2D eigenvalue weighted by atomic mass is 79.9. The van der Waals surface area contributed by atoms with Gasteiger partial charge in [0.2, 0.25) is 0 Å². The molecule has 0 fully saturated rings. The summed E-state index contributed by atoms with van der Waals surface area (Å²) in [5.74, 6) is 0. The molecular formula is C12H16BrClN2O2. The fraction of sp³-hybridized carbons (Fsp3) is 0.417. The van der Waals surface area contributed by atoms with Crippen LogP contribution < -0.4 is 10.9 Å². The molecule has 2 N–H and O–H groups in total. The Morgan fingerprint density at radius 3 is 2.67 bits per heavy atom. The van der Waals surface area contributed by atoms with Crippen LogP contribution in [0.2, 0.25) is 5.02 Å². The van der Waals surface area contributed by atoms with E-state index in [1.54, 1.807) is 6.07 Å². The first-order chi connectivity index (χ1) is 8.28. The van der Waals surface area contributed by atoms with Crippen molar-refractivity contribution in [2.75, 3.05) is 0 Å². The second kappa shape index (κ2) is 6.41. The first-order valence-corrected chi connectivity index (χ1v) is 6.61. The third-order valence-corrected chi connectivity index (χ3v) is 3.08. The van der Waals surface area contributed by atoms with Crippen LogP contribution in [0.4, 0.5) is 4.79 Å².